The van der Waals surface area contributed by atoms with Gasteiger partial charge in [-0.25, -0.2) is 0 Å². The lowest BCUT2D eigenvalue weighted by Gasteiger charge is -2.21. The zero-order valence-electron chi connectivity index (χ0n) is 32.4. The lowest BCUT2D eigenvalue weighted by molar-refractivity contribution is 0.590. The van der Waals surface area contributed by atoms with Crippen LogP contribution in [0.3, 0.4) is 0 Å². The summed E-state index contributed by atoms with van der Waals surface area (Å²) in [4.78, 5) is 0. The van der Waals surface area contributed by atoms with Crippen molar-refractivity contribution in [2.24, 2.45) is 0 Å². The Morgan fingerprint density at radius 3 is 0.840 bits per heavy atom. The van der Waals surface area contributed by atoms with Crippen LogP contribution < -0.4 is 0 Å². The van der Waals surface area contributed by atoms with Crippen LogP contribution in [-0.4, -0.2) is 9.13 Å². The summed E-state index contributed by atoms with van der Waals surface area (Å²) in [5.74, 6) is 0. The quantitative estimate of drug-likeness (QED) is 0.168. The molecule has 2 nitrogen and oxygen atoms in total. The van der Waals surface area contributed by atoms with E-state index in [9.17, 15) is 0 Å². The molecule has 258 valence electrons. The van der Waals surface area contributed by atoms with E-state index < -0.39 is 0 Å². The predicted molar refractivity (Wildman–Crippen MR) is 222 cm³/mol. The van der Waals surface area contributed by atoms with Gasteiger partial charge in [0, 0.05) is 21.5 Å². The van der Waals surface area contributed by atoms with E-state index in [2.05, 4.69) is 200 Å². The molecule has 0 bridgehead atoms. The van der Waals surface area contributed by atoms with E-state index in [1.807, 2.05) is 0 Å². The molecule has 0 radical (unpaired) electrons. The molecule has 0 fully saturated rings. The Hall–Kier alpha value is -3.82. The maximum absolute atomic E-state index is 4.24. The van der Waals surface area contributed by atoms with Crippen LogP contribution in [0.15, 0.2) is 89.4 Å². The number of rotatable bonds is 2. The van der Waals surface area contributed by atoms with Gasteiger partial charge in [-0.1, -0.05) is 107 Å². The van der Waals surface area contributed by atoms with E-state index in [4.69, 9.17) is 0 Å². The van der Waals surface area contributed by atoms with Crippen molar-refractivity contribution in [3.8, 4) is 11.4 Å². The van der Waals surface area contributed by atoms with E-state index in [1.54, 1.807) is 0 Å². The van der Waals surface area contributed by atoms with Crippen LogP contribution in [0.1, 0.15) is 111 Å². The standard InChI is InChI=1S/C47H53BrN2/c1-28-22-41(49-37-18-14-29(44(2,3)4)24-33(37)34-25-30(45(5,6)7)15-19-38(34)49)43(48)42(23-28)50-39-20-16-31(46(8,9)10)26-35(39)36-27-32(47(11,12)13)17-21-40(36)50/h14-27H,1-13H3. The fourth-order valence-electron chi connectivity index (χ4n) is 7.49. The molecule has 7 aromatic rings. The van der Waals surface area contributed by atoms with Gasteiger partial charge in [0.25, 0.3) is 0 Å². The third kappa shape index (κ3) is 5.70. The maximum Gasteiger partial charge on any atom is 0.0657 e. The molecule has 0 unspecified atom stereocenters. The van der Waals surface area contributed by atoms with Crippen LogP contribution in [0.2, 0.25) is 0 Å². The zero-order chi connectivity index (χ0) is 36.3. The normalized spacial score (nSPS) is 13.4. The monoisotopic (exact) mass is 724 g/mol. The zero-order valence-corrected chi connectivity index (χ0v) is 33.9. The van der Waals surface area contributed by atoms with E-state index in [0.29, 0.717) is 0 Å². The molecule has 50 heavy (non-hydrogen) atoms. The summed E-state index contributed by atoms with van der Waals surface area (Å²) in [7, 11) is 0. The Labute approximate surface area is 307 Å². The summed E-state index contributed by atoms with van der Waals surface area (Å²) >= 11 is 4.24. The van der Waals surface area contributed by atoms with Gasteiger partial charge in [0.15, 0.2) is 0 Å². The highest BCUT2D eigenvalue weighted by atomic mass is 79.9. The van der Waals surface area contributed by atoms with Gasteiger partial charge in [0.1, 0.15) is 0 Å². The molecule has 0 spiro atoms. The highest BCUT2D eigenvalue weighted by Crippen LogP contribution is 2.43. The summed E-state index contributed by atoms with van der Waals surface area (Å²) in [6, 6.07) is 33.0. The summed E-state index contributed by atoms with van der Waals surface area (Å²) in [5, 5.41) is 5.20. The summed E-state index contributed by atoms with van der Waals surface area (Å²) in [6.45, 7) is 29.9. The molecule has 3 heteroatoms. The number of hydrogen-bond donors (Lipinski definition) is 0. The lowest BCUT2D eigenvalue weighted by atomic mass is 9.85. The number of aryl methyl sites for hydroxylation is 1. The fourth-order valence-corrected chi connectivity index (χ4v) is 8.07. The van der Waals surface area contributed by atoms with E-state index >= 15 is 0 Å². The Balaban J connectivity index is 1.57. The van der Waals surface area contributed by atoms with Crippen LogP contribution in [0.25, 0.3) is 55.0 Å². The first kappa shape index (κ1) is 34.6. The van der Waals surface area contributed by atoms with Gasteiger partial charge in [-0.3, -0.25) is 0 Å². The van der Waals surface area contributed by atoms with Crippen LogP contribution in [0.5, 0.6) is 0 Å². The number of fused-ring (bicyclic) bond motifs is 6. The second-order valence-electron chi connectivity index (χ2n) is 18.7. The molecule has 7 rings (SSSR count). The highest BCUT2D eigenvalue weighted by molar-refractivity contribution is 9.10. The van der Waals surface area contributed by atoms with Gasteiger partial charge in [-0.15, -0.1) is 0 Å². The largest absolute Gasteiger partial charge is 0.308 e. The first-order valence-corrected chi connectivity index (χ1v) is 18.9. The minimum atomic E-state index is 0.0532. The minimum Gasteiger partial charge on any atom is -0.308 e. The lowest BCUT2D eigenvalue weighted by Crippen LogP contribution is -2.10. The Bertz CT molecular complexity index is 2160. The molecule has 2 heterocycles. The Morgan fingerprint density at radius 1 is 0.380 bits per heavy atom. The van der Waals surface area contributed by atoms with Gasteiger partial charge in [0.2, 0.25) is 0 Å². The molecular formula is C47H53BrN2. The molecule has 0 aliphatic rings. The third-order valence-corrected chi connectivity index (χ3v) is 11.5. The summed E-state index contributed by atoms with van der Waals surface area (Å²) in [6.07, 6.45) is 0. The van der Waals surface area contributed by atoms with Gasteiger partial charge < -0.3 is 9.13 Å². The van der Waals surface area contributed by atoms with Gasteiger partial charge in [0.05, 0.1) is 37.9 Å². The number of halogens is 1. The molecule has 0 atom stereocenters. The van der Waals surface area contributed by atoms with Crippen molar-refractivity contribution in [3.05, 3.63) is 117 Å². The molecule has 0 amide bonds. The Morgan fingerprint density at radius 2 is 0.620 bits per heavy atom. The molecule has 0 saturated heterocycles. The first-order valence-electron chi connectivity index (χ1n) is 18.1. The second kappa shape index (κ2) is 11.3. The summed E-state index contributed by atoms with van der Waals surface area (Å²) < 4.78 is 6.04. The topological polar surface area (TPSA) is 9.86 Å². The maximum atomic E-state index is 4.24. The second-order valence-corrected chi connectivity index (χ2v) is 19.5. The van der Waals surface area contributed by atoms with Crippen molar-refractivity contribution in [3.63, 3.8) is 0 Å². The molecule has 0 aliphatic carbocycles. The number of benzene rings is 5. The van der Waals surface area contributed by atoms with Gasteiger partial charge in [-0.2, -0.15) is 0 Å². The number of hydrogen-bond acceptors (Lipinski definition) is 0. The van der Waals surface area contributed by atoms with E-state index in [-0.39, 0.29) is 21.7 Å². The van der Waals surface area contributed by atoms with Crippen LogP contribution in [0, 0.1) is 6.92 Å². The smallest absolute Gasteiger partial charge is 0.0657 e. The van der Waals surface area contributed by atoms with Crippen LogP contribution in [0.4, 0.5) is 0 Å². The SMILES string of the molecule is Cc1cc(-n2c3ccc(C(C)(C)C)cc3c3cc(C(C)(C)C)ccc32)c(Br)c(-n2c3ccc(C(C)(C)C)cc3c3cc(C(C)(C)C)ccc32)c1. The van der Waals surface area contributed by atoms with Crippen molar-refractivity contribution in [1.29, 1.82) is 0 Å². The number of nitrogens with zero attached hydrogens (tertiary/aromatic N) is 2. The van der Waals surface area contributed by atoms with Crippen LogP contribution >= 0.6 is 15.9 Å². The van der Waals surface area contributed by atoms with E-state index in [1.165, 1.54) is 71.4 Å². The summed E-state index contributed by atoms with van der Waals surface area (Å²) in [5.41, 5.74) is 14.0. The van der Waals surface area contributed by atoms with Gasteiger partial charge >= 0.3 is 0 Å². The average molecular weight is 726 g/mol. The minimum absolute atomic E-state index is 0.0532. The molecule has 0 N–H and O–H groups in total. The molecule has 2 aromatic heterocycles. The predicted octanol–water partition coefficient (Wildman–Crippen LogP) is 14.1. The van der Waals surface area contributed by atoms with Crippen molar-refractivity contribution in [2.75, 3.05) is 0 Å². The molecular weight excluding hydrogens is 672 g/mol. The van der Waals surface area contributed by atoms with Gasteiger partial charge in [-0.05, 0) is 133 Å². The Kier molecular flexibility index (Phi) is 7.85. The first-order chi connectivity index (χ1) is 23.1. The van der Waals surface area contributed by atoms with Crippen molar-refractivity contribution in [2.45, 2.75) is 112 Å². The highest BCUT2D eigenvalue weighted by Gasteiger charge is 2.25. The third-order valence-electron chi connectivity index (χ3n) is 10.7. The van der Waals surface area contributed by atoms with E-state index in [0.717, 1.165) is 15.8 Å². The number of aromatic nitrogens is 2. The van der Waals surface area contributed by atoms with Crippen molar-refractivity contribution >= 4 is 59.5 Å². The average Bonchev–Trinajstić information content (AvgIpc) is 3.51. The fraction of sp³-hybridized carbons (Fsp3) is 0.362. The molecule has 0 saturated carbocycles. The van der Waals surface area contributed by atoms with Crippen molar-refractivity contribution in [1.82, 2.24) is 9.13 Å². The van der Waals surface area contributed by atoms with Crippen molar-refractivity contribution < 1.29 is 0 Å². The molecule has 0 aliphatic heterocycles. The molecule has 5 aromatic carbocycles. The van der Waals surface area contributed by atoms with Crippen LogP contribution in [-0.2, 0) is 21.7 Å².